The molecule has 0 saturated heterocycles. The van der Waals surface area contributed by atoms with E-state index in [-0.39, 0.29) is 11.7 Å². The fourth-order valence-corrected chi connectivity index (χ4v) is 1.91. The fraction of sp³-hybridized carbons (Fsp3) is 0.200. The number of benzene rings is 1. The third-order valence-corrected chi connectivity index (χ3v) is 2.95. The van der Waals surface area contributed by atoms with Crippen molar-refractivity contribution in [3.8, 4) is 0 Å². The van der Waals surface area contributed by atoms with Crippen LogP contribution in [0.15, 0.2) is 48.7 Å². The molecule has 104 valence electrons. The lowest BCUT2D eigenvalue weighted by atomic mass is 10.1. The number of carbonyl (C=O) groups excluding carboxylic acids is 1. The molecule has 0 aliphatic carbocycles. The van der Waals surface area contributed by atoms with Gasteiger partial charge in [0.1, 0.15) is 0 Å². The van der Waals surface area contributed by atoms with Crippen molar-refractivity contribution in [3.05, 3.63) is 60.0 Å². The Morgan fingerprint density at radius 1 is 1.25 bits per heavy atom. The van der Waals surface area contributed by atoms with Crippen molar-refractivity contribution in [1.29, 1.82) is 0 Å². The van der Waals surface area contributed by atoms with Gasteiger partial charge in [-0.2, -0.15) is 0 Å². The van der Waals surface area contributed by atoms with Crippen molar-refractivity contribution in [2.45, 2.75) is 6.10 Å². The number of halogens is 1. The Labute approximate surface area is 116 Å². The molecule has 0 N–H and O–H groups in total. The molecule has 1 heterocycles. The van der Waals surface area contributed by atoms with Crippen LogP contribution in [0.2, 0.25) is 0 Å². The van der Waals surface area contributed by atoms with E-state index in [9.17, 15) is 9.18 Å². The van der Waals surface area contributed by atoms with Crippen molar-refractivity contribution in [2.24, 2.45) is 0 Å². The number of nitrogens with zero attached hydrogens (tertiary/aromatic N) is 2. The molecule has 0 spiro atoms. The molecule has 0 fully saturated rings. The Balaban J connectivity index is 2.28. The van der Waals surface area contributed by atoms with Crippen LogP contribution in [0.5, 0.6) is 0 Å². The van der Waals surface area contributed by atoms with Crippen molar-refractivity contribution < 1.29 is 13.9 Å². The highest BCUT2D eigenvalue weighted by molar-refractivity contribution is 5.96. The molecular weight excluding hydrogens is 259 g/mol. The molecular formula is C15H15FN2O2. The van der Waals surface area contributed by atoms with E-state index < -0.39 is 11.9 Å². The van der Waals surface area contributed by atoms with Crippen LogP contribution in [-0.4, -0.2) is 25.0 Å². The third-order valence-electron chi connectivity index (χ3n) is 2.95. The lowest BCUT2D eigenvalue weighted by molar-refractivity contribution is -0.128. The predicted molar refractivity (Wildman–Crippen MR) is 73.8 cm³/mol. The first-order chi connectivity index (χ1) is 9.65. The van der Waals surface area contributed by atoms with E-state index in [1.54, 1.807) is 12.1 Å². The largest absolute Gasteiger partial charge is 0.367 e. The minimum Gasteiger partial charge on any atom is -0.367 e. The first kappa shape index (κ1) is 14.1. The number of pyridine rings is 1. The number of hydrogen-bond donors (Lipinski definition) is 0. The first-order valence-electron chi connectivity index (χ1n) is 6.11. The monoisotopic (exact) mass is 274 g/mol. The number of anilines is 1. The van der Waals surface area contributed by atoms with Crippen LogP contribution in [-0.2, 0) is 9.53 Å². The number of hydrogen-bond acceptors (Lipinski definition) is 3. The molecule has 0 bridgehead atoms. The lowest BCUT2D eigenvalue weighted by Crippen LogP contribution is -2.33. The summed E-state index contributed by atoms with van der Waals surface area (Å²) in [4.78, 5) is 17.5. The number of carbonyl (C=O) groups is 1. The Morgan fingerprint density at radius 3 is 2.55 bits per heavy atom. The van der Waals surface area contributed by atoms with Crippen LogP contribution >= 0.6 is 0 Å². The molecule has 1 amide bonds. The summed E-state index contributed by atoms with van der Waals surface area (Å²) in [7, 11) is 2.92. The molecule has 0 aliphatic rings. The van der Waals surface area contributed by atoms with E-state index >= 15 is 0 Å². The summed E-state index contributed by atoms with van der Waals surface area (Å²) < 4.78 is 18.9. The zero-order valence-electron chi connectivity index (χ0n) is 11.3. The molecule has 1 atom stereocenters. The minimum atomic E-state index is -0.789. The Morgan fingerprint density at radius 2 is 1.95 bits per heavy atom. The molecule has 0 radical (unpaired) electrons. The van der Waals surface area contributed by atoms with Gasteiger partial charge in [0.25, 0.3) is 5.91 Å². The third kappa shape index (κ3) is 2.83. The van der Waals surface area contributed by atoms with Gasteiger partial charge in [0, 0.05) is 20.4 Å². The van der Waals surface area contributed by atoms with E-state index in [4.69, 9.17) is 4.74 Å². The van der Waals surface area contributed by atoms with Gasteiger partial charge in [0.15, 0.2) is 17.7 Å². The molecule has 2 rings (SSSR count). The molecule has 5 heteroatoms. The molecule has 1 unspecified atom stereocenters. The quantitative estimate of drug-likeness (QED) is 0.860. The topological polar surface area (TPSA) is 42.4 Å². The van der Waals surface area contributed by atoms with Crippen LogP contribution in [0.25, 0.3) is 0 Å². The maximum atomic E-state index is 13.7. The standard InChI is InChI=1S/C15H15FN2O2/c1-18(14-12(16)9-6-10-17-14)15(19)13(20-2)11-7-4-3-5-8-11/h3-10,13H,1-2H3. The fourth-order valence-electron chi connectivity index (χ4n) is 1.91. The van der Waals surface area contributed by atoms with Gasteiger partial charge in [0.2, 0.25) is 0 Å². The van der Waals surface area contributed by atoms with E-state index in [0.29, 0.717) is 5.56 Å². The number of aromatic nitrogens is 1. The van der Waals surface area contributed by atoms with Gasteiger partial charge in [-0.3, -0.25) is 9.69 Å². The van der Waals surface area contributed by atoms with Crippen LogP contribution < -0.4 is 4.90 Å². The van der Waals surface area contributed by atoms with Crippen LogP contribution in [0.3, 0.4) is 0 Å². The average Bonchev–Trinajstić information content (AvgIpc) is 2.49. The molecule has 1 aromatic carbocycles. The number of amides is 1. The molecule has 2 aromatic rings. The van der Waals surface area contributed by atoms with Gasteiger partial charge >= 0.3 is 0 Å². The number of likely N-dealkylation sites (N-methyl/N-ethyl adjacent to an activating group) is 1. The van der Waals surface area contributed by atoms with Crippen LogP contribution in [0.4, 0.5) is 10.2 Å². The Bertz CT molecular complexity index is 589. The normalized spacial score (nSPS) is 11.9. The molecule has 0 aliphatic heterocycles. The predicted octanol–water partition coefficient (Wildman–Crippen LogP) is 2.57. The van der Waals surface area contributed by atoms with E-state index in [1.807, 2.05) is 18.2 Å². The van der Waals surface area contributed by atoms with Crippen molar-refractivity contribution in [2.75, 3.05) is 19.1 Å². The summed E-state index contributed by atoms with van der Waals surface area (Å²) >= 11 is 0. The van der Waals surface area contributed by atoms with Gasteiger partial charge in [0.05, 0.1) is 0 Å². The van der Waals surface area contributed by atoms with Gasteiger partial charge in [-0.05, 0) is 17.7 Å². The second-order valence-corrected chi connectivity index (χ2v) is 4.23. The van der Waals surface area contributed by atoms with Crippen LogP contribution in [0.1, 0.15) is 11.7 Å². The summed E-state index contributed by atoms with van der Waals surface area (Å²) in [5, 5.41) is 0. The van der Waals surface area contributed by atoms with Gasteiger partial charge in [-0.1, -0.05) is 30.3 Å². The van der Waals surface area contributed by atoms with Crippen LogP contribution in [0, 0.1) is 5.82 Å². The second kappa shape index (κ2) is 6.25. The smallest absolute Gasteiger partial charge is 0.261 e. The summed E-state index contributed by atoms with van der Waals surface area (Å²) in [6, 6.07) is 11.8. The first-order valence-corrected chi connectivity index (χ1v) is 6.11. The van der Waals surface area contributed by atoms with Gasteiger partial charge in [-0.25, -0.2) is 9.37 Å². The molecule has 1 aromatic heterocycles. The zero-order chi connectivity index (χ0) is 14.5. The number of ether oxygens (including phenoxy) is 1. The summed E-state index contributed by atoms with van der Waals surface area (Å²) in [6.45, 7) is 0. The highest BCUT2D eigenvalue weighted by Gasteiger charge is 2.26. The molecule has 0 saturated carbocycles. The highest BCUT2D eigenvalue weighted by Crippen LogP contribution is 2.22. The zero-order valence-corrected chi connectivity index (χ0v) is 11.3. The van der Waals surface area contributed by atoms with E-state index in [0.717, 1.165) is 4.90 Å². The Hall–Kier alpha value is -2.27. The van der Waals surface area contributed by atoms with E-state index in [1.165, 1.54) is 32.5 Å². The number of rotatable bonds is 4. The molecule has 4 nitrogen and oxygen atoms in total. The minimum absolute atomic E-state index is 0.0181. The lowest BCUT2D eigenvalue weighted by Gasteiger charge is -2.22. The second-order valence-electron chi connectivity index (χ2n) is 4.23. The maximum Gasteiger partial charge on any atom is 0.261 e. The summed E-state index contributed by atoms with van der Waals surface area (Å²) in [5.41, 5.74) is 0.711. The van der Waals surface area contributed by atoms with Gasteiger partial charge in [-0.15, -0.1) is 0 Å². The summed E-state index contributed by atoms with van der Waals surface area (Å²) in [6.07, 6.45) is 0.648. The average molecular weight is 274 g/mol. The molecule has 20 heavy (non-hydrogen) atoms. The van der Waals surface area contributed by atoms with Crippen molar-refractivity contribution in [3.63, 3.8) is 0 Å². The van der Waals surface area contributed by atoms with Crippen molar-refractivity contribution >= 4 is 11.7 Å². The maximum absolute atomic E-state index is 13.7. The Kier molecular flexibility index (Phi) is 4.42. The summed E-state index contributed by atoms with van der Waals surface area (Å²) in [5.74, 6) is -0.946. The SMILES string of the molecule is COC(C(=O)N(C)c1ncccc1F)c1ccccc1. The van der Waals surface area contributed by atoms with Gasteiger partial charge < -0.3 is 4.74 Å². The number of methoxy groups -OCH3 is 1. The van der Waals surface area contributed by atoms with E-state index in [2.05, 4.69) is 4.98 Å². The highest BCUT2D eigenvalue weighted by atomic mass is 19.1. The van der Waals surface area contributed by atoms with Crippen molar-refractivity contribution in [1.82, 2.24) is 4.98 Å².